The number of nitrogens with zero attached hydrogens (tertiary/aromatic N) is 3. The van der Waals surface area contributed by atoms with Gasteiger partial charge in [-0.25, -0.2) is 9.97 Å². The molecule has 0 spiro atoms. The largest absolute Gasteiger partial charge is 0.382 e. The number of aromatic nitrogens is 3. The molecule has 0 unspecified atom stereocenters. The number of rotatable bonds is 1. The van der Waals surface area contributed by atoms with E-state index in [-0.39, 0.29) is 5.82 Å². The fourth-order valence-electron chi connectivity index (χ4n) is 1.19. The zero-order valence-corrected chi connectivity index (χ0v) is 8.52. The van der Waals surface area contributed by atoms with Gasteiger partial charge in [0.05, 0.1) is 0 Å². The van der Waals surface area contributed by atoms with E-state index in [9.17, 15) is 4.79 Å². The van der Waals surface area contributed by atoms with Crippen molar-refractivity contribution >= 4 is 33.2 Å². The van der Waals surface area contributed by atoms with Gasteiger partial charge in [-0.3, -0.25) is 9.20 Å². The number of hydrogen-bond acceptors (Lipinski definition) is 4. The Bertz CT molecular complexity index is 520. The maximum atomic E-state index is 11.0. The van der Waals surface area contributed by atoms with E-state index < -0.39 is 5.91 Å². The molecule has 0 saturated carbocycles. The number of nitrogens with two attached hydrogens (primary N) is 2. The van der Waals surface area contributed by atoms with Gasteiger partial charge in [0.15, 0.2) is 5.82 Å². The average molecular weight is 256 g/mol. The van der Waals surface area contributed by atoms with E-state index >= 15 is 0 Å². The first-order valence-electron chi connectivity index (χ1n) is 3.69. The molecule has 0 fully saturated rings. The number of primary amides is 1. The minimum atomic E-state index is -0.615. The summed E-state index contributed by atoms with van der Waals surface area (Å²) in [6.07, 6.45) is 3.05. The zero-order valence-electron chi connectivity index (χ0n) is 6.94. The Morgan fingerprint density at radius 2 is 2.29 bits per heavy atom. The average Bonchev–Trinajstić information content (AvgIpc) is 2.45. The van der Waals surface area contributed by atoms with Crippen molar-refractivity contribution < 1.29 is 4.79 Å². The molecule has 7 heteroatoms. The van der Waals surface area contributed by atoms with Crippen LogP contribution in [0, 0.1) is 0 Å². The summed E-state index contributed by atoms with van der Waals surface area (Å²) in [4.78, 5) is 18.8. The summed E-state index contributed by atoms with van der Waals surface area (Å²) in [5.74, 6) is -0.198. The molecule has 2 aromatic rings. The summed E-state index contributed by atoms with van der Waals surface area (Å²) in [5, 5.41) is 0. The van der Waals surface area contributed by atoms with Crippen LogP contribution in [-0.2, 0) is 0 Å². The number of halogens is 1. The molecule has 4 N–H and O–H groups in total. The van der Waals surface area contributed by atoms with Gasteiger partial charge in [-0.05, 0) is 15.9 Å². The van der Waals surface area contributed by atoms with Gasteiger partial charge in [0.1, 0.15) is 10.1 Å². The number of carbonyl (C=O) groups is 1. The Kier molecular flexibility index (Phi) is 1.88. The van der Waals surface area contributed by atoms with Crippen LogP contribution in [-0.4, -0.2) is 20.3 Å². The summed E-state index contributed by atoms with van der Waals surface area (Å²) < 4.78 is 1.95. The monoisotopic (exact) mass is 255 g/mol. The van der Waals surface area contributed by atoms with Gasteiger partial charge in [0.25, 0.3) is 5.91 Å². The molecule has 2 aromatic heterocycles. The summed E-state index contributed by atoms with van der Waals surface area (Å²) in [7, 11) is 0. The molecule has 2 heterocycles. The van der Waals surface area contributed by atoms with Crippen LogP contribution in [0.15, 0.2) is 17.0 Å². The van der Waals surface area contributed by atoms with Crippen molar-refractivity contribution in [3.05, 3.63) is 22.8 Å². The third-order valence-electron chi connectivity index (χ3n) is 1.76. The van der Waals surface area contributed by atoms with Crippen molar-refractivity contribution in [2.75, 3.05) is 5.73 Å². The standard InChI is InChI=1S/C7H6BrN5O/c8-4-3-5(9)11-1-2-13(3)7(12-4)6(10)14/h1-2H,(H2,9,11)(H2,10,14). The summed E-state index contributed by atoms with van der Waals surface area (Å²) in [5.41, 5.74) is 11.3. The second-order valence-corrected chi connectivity index (χ2v) is 3.37. The smallest absolute Gasteiger partial charge is 0.285 e. The number of imidazole rings is 1. The number of amides is 1. The number of anilines is 1. The van der Waals surface area contributed by atoms with Crippen molar-refractivity contribution in [1.82, 2.24) is 14.4 Å². The van der Waals surface area contributed by atoms with E-state index in [0.29, 0.717) is 15.9 Å². The normalized spacial score (nSPS) is 10.6. The minimum Gasteiger partial charge on any atom is -0.382 e. The van der Waals surface area contributed by atoms with Crippen LogP contribution in [0.5, 0.6) is 0 Å². The molecule has 0 aliphatic heterocycles. The van der Waals surface area contributed by atoms with Crippen LogP contribution in [0.2, 0.25) is 0 Å². The second kappa shape index (κ2) is 2.95. The number of hydrogen-bond donors (Lipinski definition) is 2. The van der Waals surface area contributed by atoms with Crippen molar-refractivity contribution in [3.8, 4) is 0 Å². The van der Waals surface area contributed by atoms with Gasteiger partial charge in [-0.2, -0.15) is 0 Å². The third-order valence-corrected chi connectivity index (χ3v) is 2.31. The quantitative estimate of drug-likeness (QED) is 0.759. The van der Waals surface area contributed by atoms with Crippen molar-refractivity contribution in [1.29, 1.82) is 0 Å². The third kappa shape index (κ3) is 1.13. The van der Waals surface area contributed by atoms with Gasteiger partial charge in [0, 0.05) is 12.4 Å². The van der Waals surface area contributed by atoms with Crippen molar-refractivity contribution in [2.45, 2.75) is 0 Å². The Labute approximate surface area is 87.1 Å². The van der Waals surface area contributed by atoms with Gasteiger partial charge in [0.2, 0.25) is 5.82 Å². The summed E-state index contributed by atoms with van der Waals surface area (Å²) >= 11 is 3.18. The fraction of sp³-hybridized carbons (Fsp3) is 0. The molecule has 0 aliphatic rings. The zero-order chi connectivity index (χ0) is 10.3. The Hall–Kier alpha value is -1.63. The molecule has 14 heavy (non-hydrogen) atoms. The van der Waals surface area contributed by atoms with Gasteiger partial charge in [-0.15, -0.1) is 0 Å². The molecular weight excluding hydrogens is 250 g/mol. The first-order valence-corrected chi connectivity index (χ1v) is 4.48. The summed E-state index contributed by atoms with van der Waals surface area (Å²) in [6.45, 7) is 0. The maximum Gasteiger partial charge on any atom is 0.285 e. The first kappa shape index (κ1) is 8.95. The van der Waals surface area contributed by atoms with Crippen LogP contribution in [0.25, 0.3) is 5.52 Å². The maximum absolute atomic E-state index is 11.0. The molecular formula is C7H6BrN5O. The molecule has 2 rings (SSSR count). The van der Waals surface area contributed by atoms with Gasteiger partial charge in [-0.1, -0.05) is 0 Å². The molecule has 0 aliphatic carbocycles. The molecule has 1 amide bonds. The SMILES string of the molecule is NC(=O)c1nc(Br)c2c(N)nccn12. The second-order valence-electron chi connectivity index (χ2n) is 2.62. The van der Waals surface area contributed by atoms with Crippen LogP contribution in [0.3, 0.4) is 0 Å². The lowest BCUT2D eigenvalue weighted by Crippen LogP contribution is -2.15. The molecule has 0 radical (unpaired) electrons. The van der Waals surface area contributed by atoms with E-state index in [2.05, 4.69) is 25.9 Å². The molecule has 0 bridgehead atoms. The van der Waals surface area contributed by atoms with Crippen molar-refractivity contribution in [3.63, 3.8) is 0 Å². The highest BCUT2D eigenvalue weighted by atomic mass is 79.9. The predicted molar refractivity (Wildman–Crippen MR) is 53.6 cm³/mol. The lowest BCUT2D eigenvalue weighted by atomic mass is 10.5. The number of fused-ring (bicyclic) bond motifs is 1. The molecule has 6 nitrogen and oxygen atoms in total. The van der Waals surface area contributed by atoms with E-state index in [1.165, 1.54) is 10.6 Å². The van der Waals surface area contributed by atoms with E-state index in [1.54, 1.807) is 6.20 Å². The Morgan fingerprint density at radius 3 is 2.93 bits per heavy atom. The molecule has 0 atom stereocenters. The van der Waals surface area contributed by atoms with Crippen LogP contribution >= 0.6 is 15.9 Å². The highest BCUT2D eigenvalue weighted by molar-refractivity contribution is 9.10. The lowest BCUT2D eigenvalue weighted by molar-refractivity contribution is 0.0990. The highest BCUT2D eigenvalue weighted by Gasteiger charge is 2.15. The molecule has 0 saturated heterocycles. The minimum absolute atomic E-state index is 0.126. The Morgan fingerprint density at radius 1 is 1.57 bits per heavy atom. The van der Waals surface area contributed by atoms with Gasteiger partial charge < -0.3 is 11.5 Å². The van der Waals surface area contributed by atoms with Crippen LogP contribution < -0.4 is 11.5 Å². The summed E-state index contributed by atoms with van der Waals surface area (Å²) in [6, 6.07) is 0. The van der Waals surface area contributed by atoms with E-state index in [0.717, 1.165) is 0 Å². The molecule has 72 valence electrons. The highest BCUT2D eigenvalue weighted by Crippen LogP contribution is 2.22. The van der Waals surface area contributed by atoms with Crippen LogP contribution in [0.4, 0.5) is 5.82 Å². The molecule has 0 aromatic carbocycles. The van der Waals surface area contributed by atoms with Crippen LogP contribution in [0.1, 0.15) is 10.6 Å². The topological polar surface area (TPSA) is 99.3 Å². The van der Waals surface area contributed by atoms with E-state index in [1.807, 2.05) is 0 Å². The first-order chi connectivity index (χ1) is 6.61. The lowest BCUT2D eigenvalue weighted by Gasteiger charge is -1.98. The fourth-order valence-corrected chi connectivity index (χ4v) is 1.76. The van der Waals surface area contributed by atoms with Crippen molar-refractivity contribution in [2.24, 2.45) is 5.73 Å². The Balaban J connectivity index is 2.91. The van der Waals surface area contributed by atoms with Gasteiger partial charge >= 0.3 is 0 Å². The predicted octanol–water partition coefficient (Wildman–Crippen LogP) is 0.173. The van der Waals surface area contributed by atoms with E-state index in [4.69, 9.17) is 11.5 Å². The number of carbonyl (C=O) groups excluding carboxylic acids is 1. The number of nitrogen functional groups attached to an aromatic ring is 1.